The average Bonchev–Trinajstić information content (AvgIpc) is 3.16. The molecule has 9 nitrogen and oxygen atoms in total. The summed E-state index contributed by atoms with van der Waals surface area (Å²) in [6, 6.07) is 16.2. The highest BCUT2D eigenvalue weighted by Gasteiger charge is 2.34. The maximum absolute atomic E-state index is 11.0. The zero-order chi connectivity index (χ0) is 26.5. The van der Waals surface area contributed by atoms with Gasteiger partial charge in [-0.3, -0.25) is 20.2 Å². The molecule has 0 radical (unpaired) electrons. The van der Waals surface area contributed by atoms with Crippen molar-refractivity contribution < 1.29 is 24.1 Å². The third-order valence-electron chi connectivity index (χ3n) is 6.99. The number of nitro groups is 2. The molecule has 2 aliphatic rings. The fraction of sp³-hybridized carbons (Fsp3) is 0.310. The van der Waals surface area contributed by atoms with Gasteiger partial charge in [0.05, 0.1) is 9.85 Å². The lowest BCUT2D eigenvalue weighted by molar-refractivity contribution is -0.385. The Kier molecular flexibility index (Phi) is 7.26. The third-order valence-corrected chi connectivity index (χ3v) is 6.99. The van der Waals surface area contributed by atoms with Gasteiger partial charge in [0.15, 0.2) is 11.5 Å². The molecule has 1 aliphatic heterocycles. The van der Waals surface area contributed by atoms with Crippen molar-refractivity contribution in [2.75, 3.05) is 0 Å². The van der Waals surface area contributed by atoms with Crippen LogP contribution in [-0.2, 0) is 13.2 Å². The highest BCUT2D eigenvalue weighted by molar-refractivity contribution is 5.66. The van der Waals surface area contributed by atoms with Crippen molar-refractivity contribution in [3.63, 3.8) is 0 Å². The van der Waals surface area contributed by atoms with E-state index in [9.17, 15) is 20.2 Å². The van der Waals surface area contributed by atoms with Crippen LogP contribution in [0.3, 0.4) is 0 Å². The van der Waals surface area contributed by atoms with Crippen LogP contribution in [0.15, 0.2) is 66.7 Å². The van der Waals surface area contributed by atoms with Crippen LogP contribution >= 0.6 is 0 Å². The van der Waals surface area contributed by atoms with Gasteiger partial charge < -0.3 is 14.2 Å². The number of rotatable bonds is 8. The van der Waals surface area contributed by atoms with Gasteiger partial charge in [-0.1, -0.05) is 18.9 Å². The lowest BCUT2D eigenvalue weighted by atomic mass is 9.90. The van der Waals surface area contributed by atoms with E-state index in [0.717, 1.165) is 48.1 Å². The van der Waals surface area contributed by atoms with E-state index in [4.69, 9.17) is 14.2 Å². The van der Waals surface area contributed by atoms with E-state index in [0.29, 0.717) is 11.5 Å². The van der Waals surface area contributed by atoms with Crippen LogP contribution < -0.4 is 14.2 Å². The largest absolute Gasteiger partial charge is 0.485 e. The maximum Gasteiger partial charge on any atom is 0.269 e. The van der Waals surface area contributed by atoms with E-state index in [1.807, 2.05) is 12.1 Å². The van der Waals surface area contributed by atoms with E-state index < -0.39 is 9.85 Å². The summed E-state index contributed by atoms with van der Waals surface area (Å²) < 4.78 is 18.8. The molecule has 1 heterocycles. The van der Waals surface area contributed by atoms with Crippen LogP contribution in [0.4, 0.5) is 11.4 Å². The van der Waals surface area contributed by atoms with E-state index >= 15 is 0 Å². The van der Waals surface area contributed by atoms with Crippen LogP contribution in [0, 0.1) is 20.2 Å². The second-order valence-corrected chi connectivity index (χ2v) is 9.68. The molecule has 38 heavy (non-hydrogen) atoms. The first-order valence-electron chi connectivity index (χ1n) is 12.7. The number of benzene rings is 3. The number of fused-ring (bicyclic) bond motifs is 1. The quantitative estimate of drug-likeness (QED) is 0.230. The first kappa shape index (κ1) is 25.3. The molecule has 9 heteroatoms. The highest BCUT2D eigenvalue weighted by atomic mass is 16.6. The Hall–Kier alpha value is -4.40. The summed E-state index contributed by atoms with van der Waals surface area (Å²) in [5, 5.41) is 21.9. The molecule has 1 fully saturated rings. The van der Waals surface area contributed by atoms with Gasteiger partial charge in [0.1, 0.15) is 24.6 Å². The normalized spacial score (nSPS) is 15.7. The van der Waals surface area contributed by atoms with E-state index in [1.165, 1.54) is 37.1 Å². The lowest BCUT2D eigenvalue weighted by Gasteiger charge is -2.34. The molecule has 3 aromatic carbocycles. The minimum atomic E-state index is -0.439. The monoisotopic (exact) mass is 516 g/mol. The minimum absolute atomic E-state index is 0.0172. The molecule has 1 spiro atoms. The first-order chi connectivity index (χ1) is 18.4. The standard InChI is InChI=1S/C29H28N2O7/c32-30(33)24-9-5-21(6-10-24)19-36-27-17-23-13-16-29(14-3-1-2-4-15-29)38-26(23)18-28(27)37-20-22-7-11-25(12-8-22)31(34)35/h5-13,16-18H,1-4,14-15,19-20H2. The van der Waals surface area contributed by atoms with Gasteiger partial charge in [-0.2, -0.15) is 0 Å². The lowest BCUT2D eigenvalue weighted by Crippen LogP contribution is -2.34. The summed E-state index contributed by atoms with van der Waals surface area (Å²) in [7, 11) is 0. The zero-order valence-corrected chi connectivity index (χ0v) is 20.8. The maximum atomic E-state index is 11.0. The van der Waals surface area contributed by atoms with Crippen LogP contribution in [0.25, 0.3) is 6.08 Å². The second-order valence-electron chi connectivity index (χ2n) is 9.68. The Morgan fingerprint density at radius 3 is 1.74 bits per heavy atom. The smallest absolute Gasteiger partial charge is 0.269 e. The van der Waals surface area contributed by atoms with Crippen LogP contribution in [0.2, 0.25) is 0 Å². The second kappa shape index (κ2) is 10.9. The number of non-ortho nitro benzene ring substituents is 2. The van der Waals surface area contributed by atoms with Gasteiger partial charge >= 0.3 is 0 Å². The topological polar surface area (TPSA) is 114 Å². The number of nitro benzene ring substituents is 2. The molecule has 1 aliphatic carbocycles. The van der Waals surface area contributed by atoms with Crippen LogP contribution in [0.5, 0.6) is 17.2 Å². The highest BCUT2D eigenvalue weighted by Crippen LogP contribution is 2.44. The summed E-state index contributed by atoms with van der Waals surface area (Å²) in [5.74, 6) is 1.73. The summed E-state index contributed by atoms with van der Waals surface area (Å²) in [4.78, 5) is 21.0. The van der Waals surface area contributed by atoms with E-state index in [1.54, 1.807) is 24.3 Å². The summed E-state index contributed by atoms with van der Waals surface area (Å²) in [6.07, 6.45) is 10.9. The van der Waals surface area contributed by atoms with Gasteiger partial charge in [0, 0.05) is 35.9 Å². The zero-order valence-electron chi connectivity index (χ0n) is 20.8. The van der Waals surface area contributed by atoms with Crippen LogP contribution in [0.1, 0.15) is 55.2 Å². The fourth-order valence-corrected chi connectivity index (χ4v) is 4.84. The Bertz CT molecular complexity index is 1340. The SMILES string of the molecule is O=[N+]([O-])c1ccc(COc2cc3c(cc2OCc2ccc([N+](=O)[O-])cc2)OC2(C=C3)CCCCCC2)cc1. The number of nitrogens with zero attached hydrogens (tertiary/aromatic N) is 2. The van der Waals surface area contributed by atoms with Crippen molar-refractivity contribution >= 4 is 17.5 Å². The molecule has 196 valence electrons. The minimum Gasteiger partial charge on any atom is -0.485 e. The van der Waals surface area contributed by atoms with Gasteiger partial charge in [0.2, 0.25) is 0 Å². The molecule has 0 N–H and O–H groups in total. The Morgan fingerprint density at radius 2 is 1.24 bits per heavy atom. The van der Waals surface area contributed by atoms with E-state index in [-0.39, 0.29) is 30.2 Å². The molecule has 3 aromatic rings. The Balaban J connectivity index is 1.39. The molecule has 0 amide bonds. The van der Waals surface area contributed by atoms with Crippen molar-refractivity contribution in [3.05, 3.63) is 104 Å². The van der Waals surface area contributed by atoms with Crippen molar-refractivity contribution in [1.29, 1.82) is 0 Å². The van der Waals surface area contributed by atoms with Crippen molar-refractivity contribution in [1.82, 2.24) is 0 Å². The molecule has 5 rings (SSSR count). The molecular formula is C29H28N2O7. The molecule has 0 bridgehead atoms. The molecular weight excluding hydrogens is 488 g/mol. The van der Waals surface area contributed by atoms with Gasteiger partial charge in [-0.05, 0) is 73.2 Å². The average molecular weight is 517 g/mol. The predicted octanol–water partition coefficient (Wildman–Crippen LogP) is 7.16. The van der Waals surface area contributed by atoms with Crippen molar-refractivity contribution in [2.24, 2.45) is 0 Å². The predicted molar refractivity (Wildman–Crippen MR) is 141 cm³/mol. The Morgan fingerprint density at radius 1 is 0.737 bits per heavy atom. The molecule has 0 aromatic heterocycles. The summed E-state index contributed by atoms with van der Waals surface area (Å²) in [6.45, 7) is 0.380. The summed E-state index contributed by atoms with van der Waals surface area (Å²) >= 11 is 0. The Labute approximate surface area is 220 Å². The third kappa shape index (κ3) is 5.77. The van der Waals surface area contributed by atoms with Crippen molar-refractivity contribution in [3.8, 4) is 17.2 Å². The number of hydrogen-bond donors (Lipinski definition) is 0. The molecule has 0 unspecified atom stereocenters. The van der Waals surface area contributed by atoms with Crippen molar-refractivity contribution in [2.45, 2.75) is 57.3 Å². The van der Waals surface area contributed by atoms with Gasteiger partial charge in [0.25, 0.3) is 11.4 Å². The van der Waals surface area contributed by atoms with E-state index in [2.05, 4.69) is 12.2 Å². The van der Waals surface area contributed by atoms with Gasteiger partial charge in [-0.25, -0.2) is 0 Å². The summed E-state index contributed by atoms with van der Waals surface area (Å²) in [5.41, 5.74) is 2.17. The molecule has 1 saturated carbocycles. The molecule has 0 atom stereocenters. The molecule has 0 saturated heterocycles. The number of ether oxygens (including phenoxy) is 3. The van der Waals surface area contributed by atoms with Gasteiger partial charge in [-0.15, -0.1) is 0 Å². The van der Waals surface area contributed by atoms with Crippen LogP contribution in [-0.4, -0.2) is 15.4 Å². The fourth-order valence-electron chi connectivity index (χ4n) is 4.84. The first-order valence-corrected chi connectivity index (χ1v) is 12.7. The number of hydrogen-bond acceptors (Lipinski definition) is 7.